The summed E-state index contributed by atoms with van der Waals surface area (Å²) in [4.78, 5) is 34.9. The molecule has 2 amide bonds. The van der Waals surface area contributed by atoms with Crippen molar-refractivity contribution in [3.63, 3.8) is 0 Å². The largest absolute Gasteiger partial charge is 0.497 e. The van der Waals surface area contributed by atoms with Crippen molar-refractivity contribution >= 4 is 17.5 Å². The number of methoxy groups -OCH3 is 1. The number of nitrogens with zero attached hydrogens (tertiary/aromatic N) is 3. The Labute approximate surface area is 255 Å². The first-order valence-electron chi connectivity index (χ1n) is 14.2. The molecule has 10 nitrogen and oxygen atoms in total. The van der Waals surface area contributed by atoms with E-state index in [0.717, 1.165) is 38.4 Å². The molecule has 4 heterocycles. The Morgan fingerprint density at radius 1 is 1.11 bits per heavy atom. The van der Waals surface area contributed by atoms with Crippen LogP contribution >= 0.6 is 0 Å². The van der Waals surface area contributed by atoms with Gasteiger partial charge in [-0.1, -0.05) is 0 Å². The van der Waals surface area contributed by atoms with Crippen LogP contribution in [0, 0.1) is 17.0 Å². The number of aromatic nitrogens is 1. The van der Waals surface area contributed by atoms with Gasteiger partial charge in [0.1, 0.15) is 41.5 Å². The van der Waals surface area contributed by atoms with E-state index < -0.39 is 47.6 Å². The molecule has 1 spiro atoms. The molecule has 3 fully saturated rings. The van der Waals surface area contributed by atoms with Crippen molar-refractivity contribution in [2.75, 3.05) is 58.0 Å². The highest BCUT2D eigenvalue weighted by molar-refractivity contribution is 6.05. The van der Waals surface area contributed by atoms with E-state index in [1.807, 2.05) is 0 Å². The summed E-state index contributed by atoms with van der Waals surface area (Å²) in [6.45, 7) is 1.03. The van der Waals surface area contributed by atoms with Gasteiger partial charge in [-0.15, -0.1) is 0 Å². The average molecular weight is 631 g/mol. The molecule has 14 heteroatoms. The Morgan fingerprint density at radius 2 is 1.82 bits per heavy atom. The molecule has 238 valence electrons. The first-order valence-corrected chi connectivity index (χ1v) is 14.2. The van der Waals surface area contributed by atoms with Crippen molar-refractivity contribution in [1.82, 2.24) is 15.2 Å². The molecule has 1 N–H and O–H groups in total. The molecule has 6 rings (SSSR count). The van der Waals surface area contributed by atoms with Gasteiger partial charge in [0.25, 0.3) is 5.91 Å². The Morgan fingerprint density at radius 3 is 2.44 bits per heavy atom. The molecule has 2 aromatic carbocycles. The number of pyridine rings is 1. The summed E-state index contributed by atoms with van der Waals surface area (Å²) < 4.78 is 76.4. The van der Waals surface area contributed by atoms with Crippen LogP contribution in [0.1, 0.15) is 21.8 Å². The van der Waals surface area contributed by atoms with Crippen LogP contribution in [-0.4, -0.2) is 87.5 Å². The van der Waals surface area contributed by atoms with E-state index >= 15 is 8.78 Å². The molecule has 3 aliphatic rings. The summed E-state index contributed by atoms with van der Waals surface area (Å²) in [6, 6.07) is 8.62. The molecular weight excluding hydrogens is 600 g/mol. The normalized spacial score (nSPS) is 20.6. The van der Waals surface area contributed by atoms with Crippen LogP contribution in [0.5, 0.6) is 17.4 Å². The second-order valence-electron chi connectivity index (χ2n) is 11.3. The van der Waals surface area contributed by atoms with Gasteiger partial charge in [-0.05, 0) is 36.4 Å². The highest BCUT2D eigenvalue weighted by atomic mass is 19.3. The van der Waals surface area contributed by atoms with Gasteiger partial charge >= 0.3 is 6.61 Å². The summed E-state index contributed by atoms with van der Waals surface area (Å²) in [7, 11) is 1.26. The van der Waals surface area contributed by atoms with Crippen molar-refractivity contribution < 1.29 is 46.1 Å². The summed E-state index contributed by atoms with van der Waals surface area (Å²) in [5.74, 6) is -4.54. The van der Waals surface area contributed by atoms with Crippen molar-refractivity contribution in [1.29, 1.82) is 0 Å². The zero-order valence-electron chi connectivity index (χ0n) is 24.2. The Bertz CT molecular complexity index is 1540. The third-order valence-electron chi connectivity index (χ3n) is 8.22. The molecule has 3 saturated heterocycles. The summed E-state index contributed by atoms with van der Waals surface area (Å²) >= 11 is 0. The molecule has 0 radical (unpaired) electrons. The van der Waals surface area contributed by atoms with Gasteiger partial charge in [-0.2, -0.15) is 8.78 Å². The van der Waals surface area contributed by atoms with E-state index in [1.54, 1.807) is 12.1 Å². The lowest BCUT2D eigenvalue weighted by molar-refractivity contribution is -0.189. The van der Waals surface area contributed by atoms with Crippen molar-refractivity contribution in [3.8, 4) is 17.4 Å². The van der Waals surface area contributed by atoms with Crippen molar-refractivity contribution in [2.45, 2.75) is 18.6 Å². The lowest BCUT2D eigenvalue weighted by Gasteiger charge is -2.55. The smallest absolute Gasteiger partial charge is 0.387 e. The number of anilines is 1. The Kier molecular flexibility index (Phi) is 8.51. The molecule has 3 aromatic rings. The predicted molar refractivity (Wildman–Crippen MR) is 152 cm³/mol. The molecule has 0 bridgehead atoms. The number of carbonyl (C=O) groups excluding carboxylic acids is 2. The third kappa shape index (κ3) is 6.25. The van der Waals surface area contributed by atoms with E-state index in [4.69, 9.17) is 14.2 Å². The van der Waals surface area contributed by atoms with Gasteiger partial charge in [0.05, 0.1) is 20.3 Å². The minimum Gasteiger partial charge on any atom is -0.497 e. The van der Waals surface area contributed by atoms with Gasteiger partial charge in [-0.25, -0.2) is 13.8 Å². The van der Waals surface area contributed by atoms with Gasteiger partial charge in [-0.3, -0.25) is 14.5 Å². The number of hydrogen-bond donors (Lipinski definition) is 1. The van der Waals surface area contributed by atoms with E-state index in [1.165, 1.54) is 42.5 Å². The molecule has 1 aromatic heterocycles. The standard InChI is InChI=1S/C31H30F4N4O6/c1-42-20-11-22(32)25(23(33)12-20)21-13-39(29(41)26(21)37-27(40)18-4-6-19(7-5-18)45-30(34)35)24-3-2-8-36-28(24)44-10-9-38-14-31(15-38)16-43-17-31/h2-8,11-12,21,26,30H,9-10,13-17H2,1H3,(H,37,40)/t21-,26-/m0/s1. The molecule has 0 unspecified atom stereocenters. The maximum atomic E-state index is 15.3. The number of amides is 2. The maximum absolute atomic E-state index is 15.3. The SMILES string of the molecule is COc1cc(F)c([C@@H]2CN(c3cccnc3OCCN3CC4(COC4)C3)C(=O)[C@H]2NC(=O)c2ccc(OC(F)F)cc2)c(F)c1. The Balaban J connectivity index is 1.24. The zero-order chi connectivity index (χ0) is 31.7. The second-order valence-corrected chi connectivity index (χ2v) is 11.3. The first kappa shape index (κ1) is 30.6. The fraction of sp³-hybridized carbons (Fsp3) is 0.387. The number of likely N-dealkylation sites (tertiary alicyclic amines) is 1. The number of ether oxygens (including phenoxy) is 4. The average Bonchev–Trinajstić information content (AvgIpc) is 3.27. The summed E-state index contributed by atoms with van der Waals surface area (Å²) in [6.07, 6.45) is 1.50. The number of hydrogen-bond acceptors (Lipinski definition) is 8. The van der Waals surface area contributed by atoms with Crippen LogP contribution in [0.2, 0.25) is 0 Å². The summed E-state index contributed by atoms with van der Waals surface area (Å²) in [5, 5.41) is 2.59. The van der Waals surface area contributed by atoms with Crippen LogP contribution in [0.15, 0.2) is 54.7 Å². The maximum Gasteiger partial charge on any atom is 0.387 e. The van der Waals surface area contributed by atoms with Crippen LogP contribution < -0.4 is 24.4 Å². The topological polar surface area (TPSA) is 102 Å². The lowest BCUT2D eigenvalue weighted by Crippen LogP contribution is -2.66. The van der Waals surface area contributed by atoms with Crippen LogP contribution in [-0.2, 0) is 9.53 Å². The first-order chi connectivity index (χ1) is 21.7. The van der Waals surface area contributed by atoms with Crippen LogP contribution in [0.4, 0.5) is 23.2 Å². The summed E-state index contributed by atoms with van der Waals surface area (Å²) in [5.41, 5.74) is 0.138. The van der Waals surface area contributed by atoms with Gasteiger partial charge in [0.2, 0.25) is 11.8 Å². The number of carbonyl (C=O) groups is 2. The number of nitrogens with one attached hydrogen (secondary N) is 1. The minimum absolute atomic E-state index is 0.0175. The van der Waals surface area contributed by atoms with E-state index in [0.29, 0.717) is 13.2 Å². The van der Waals surface area contributed by atoms with Gasteiger partial charge in [0, 0.05) is 67.0 Å². The van der Waals surface area contributed by atoms with Gasteiger partial charge in [0.15, 0.2) is 0 Å². The highest BCUT2D eigenvalue weighted by Crippen LogP contribution is 2.40. The van der Waals surface area contributed by atoms with Crippen molar-refractivity contribution in [3.05, 3.63) is 77.5 Å². The second kappa shape index (κ2) is 12.5. The minimum atomic E-state index is -3.05. The quantitative estimate of drug-likeness (QED) is 0.321. The third-order valence-corrected chi connectivity index (χ3v) is 8.22. The number of alkyl halides is 2. The monoisotopic (exact) mass is 630 g/mol. The molecule has 0 aliphatic carbocycles. The van der Waals surface area contributed by atoms with E-state index in [2.05, 4.69) is 19.9 Å². The number of halogens is 4. The van der Waals surface area contributed by atoms with Crippen LogP contribution in [0.3, 0.4) is 0 Å². The van der Waals surface area contributed by atoms with Crippen molar-refractivity contribution in [2.24, 2.45) is 5.41 Å². The lowest BCUT2D eigenvalue weighted by atomic mass is 9.78. The predicted octanol–water partition coefficient (Wildman–Crippen LogP) is 3.61. The molecular formula is C31H30F4N4O6. The van der Waals surface area contributed by atoms with Crippen LogP contribution in [0.25, 0.3) is 0 Å². The van der Waals surface area contributed by atoms with E-state index in [-0.39, 0.29) is 40.6 Å². The molecule has 3 aliphatic heterocycles. The highest BCUT2D eigenvalue weighted by Gasteiger charge is 2.49. The fourth-order valence-electron chi connectivity index (χ4n) is 6.02. The number of rotatable bonds is 11. The van der Waals surface area contributed by atoms with E-state index in [9.17, 15) is 18.4 Å². The molecule has 45 heavy (non-hydrogen) atoms. The number of benzene rings is 2. The molecule has 2 atom stereocenters. The Hall–Kier alpha value is -4.43. The zero-order valence-corrected chi connectivity index (χ0v) is 24.2. The fourth-order valence-corrected chi connectivity index (χ4v) is 6.02. The van der Waals surface area contributed by atoms with Gasteiger partial charge < -0.3 is 29.2 Å². The molecule has 0 saturated carbocycles.